The first-order valence-corrected chi connectivity index (χ1v) is 5.45. The number of imidazole rings is 1. The Morgan fingerprint density at radius 3 is 2.93 bits per heavy atom. The highest BCUT2D eigenvalue weighted by atomic mass is 79.9. The van der Waals surface area contributed by atoms with E-state index in [0.717, 1.165) is 14.7 Å². The van der Waals surface area contributed by atoms with Gasteiger partial charge >= 0.3 is 0 Å². The van der Waals surface area contributed by atoms with Crippen LogP contribution in [0.5, 0.6) is 0 Å². The van der Waals surface area contributed by atoms with Gasteiger partial charge in [-0.2, -0.15) is 0 Å². The lowest BCUT2D eigenvalue weighted by Gasteiger charge is -2.01. The highest BCUT2D eigenvalue weighted by molar-refractivity contribution is 9.10. The minimum atomic E-state index is 0.640. The number of H-pyrrole nitrogens is 1. The summed E-state index contributed by atoms with van der Waals surface area (Å²) in [7, 11) is 0. The highest BCUT2D eigenvalue weighted by Crippen LogP contribution is 2.30. The van der Waals surface area contributed by atoms with E-state index in [4.69, 9.17) is 5.73 Å². The number of aromatic nitrogens is 3. The summed E-state index contributed by atoms with van der Waals surface area (Å²) < 4.78 is 0.874. The third-order valence-corrected chi connectivity index (χ3v) is 3.30. The Labute approximate surface area is 93.5 Å². The number of aromatic amines is 1. The smallest absolute Gasteiger partial charge is 0.171 e. The van der Waals surface area contributed by atoms with Crippen LogP contribution in [0.2, 0.25) is 0 Å². The third kappa shape index (κ3) is 2.08. The third-order valence-electron chi connectivity index (χ3n) is 1.50. The van der Waals surface area contributed by atoms with Crippen molar-refractivity contribution in [3.05, 3.63) is 29.1 Å². The van der Waals surface area contributed by atoms with Crippen molar-refractivity contribution in [2.45, 2.75) is 10.2 Å². The second kappa shape index (κ2) is 4.02. The average molecular weight is 271 g/mol. The zero-order valence-corrected chi connectivity index (χ0v) is 9.47. The predicted octanol–water partition coefficient (Wildman–Crippen LogP) is 2.30. The van der Waals surface area contributed by atoms with E-state index in [9.17, 15) is 0 Å². The summed E-state index contributed by atoms with van der Waals surface area (Å²) in [6, 6.07) is 1.82. The van der Waals surface area contributed by atoms with Crippen LogP contribution in [-0.2, 0) is 0 Å². The Morgan fingerprint density at radius 2 is 2.29 bits per heavy atom. The molecule has 0 fully saturated rings. The lowest BCUT2D eigenvalue weighted by Crippen LogP contribution is -1.89. The molecule has 2 aromatic heterocycles. The van der Waals surface area contributed by atoms with Crippen LogP contribution in [0.25, 0.3) is 0 Å². The van der Waals surface area contributed by atoms with Gasteiger partial charge in [0.15, 0.2) is 5.16 Å². The largest absolute Gasteiger partial charge is 0.397 e. The molecule has 0 atom stereocenters. The number of pyridine rings is 1. The van der Waals surface area contributed by atoms with Crippen molar-refractivity contribution < 1.29 is 0 Å². The summed E-state index contributed by atoms with van der Waals surface area (Å²) in [6.45, 7) is 0. The number of nitrogen functional groups attached to an aromatic ring is 1. The maximum atomic E-state index is 5.58. The zero-order chi connectivity index (χ0) is 9.97. The number of rotatable bonds is 2. The van der Waals surface area contributed by atoms with E-state index in [-0.39, 0.29) is 0 Å². The molecule has 0 amide bonds. The molecule has 2 rings (SSSR count). The molecule has 0 saturated heterocycles. The van der Waals surface area contributed by atoms with Gasteiger partial charge in [0, 0.05) is 12.4 Å². The first-order chi connectivity index (χ1) is 6.75. The highest BCUT2D eigenvalue weighted by Gasteiger charge is 2.05. The fourth-order valence-electron chi connectivity index (χ4n) is 0.913. The number of hydrogen-bond donors (Lipinski definition) is 2. The van der Waals surface area contributed by atoms with E-state index in [0.29, 0.717) is 5.69 Å². The van der Waals surface area contributed by atoms with E-state index >= 15 is 0 Å². The standard InChI is InChI=1S/C8H7BrN4S/c9-6-3-5(10)4-13-7(6)14-8-11-1-2-12-8/h1-4H,10H2,(H,11,12). The molecule has 14 heavy (non-hydrogen) atoms. The SMILES string of the molecule is Nc1cnc(Sc2ncc[nH]2)c(Br)c1. The molecule has 0 aliphatic carbocycles. The zero-order valence-electron chi connectivity index (χ0n) is 7.07. The summed E-state index contributed by atoms with van der Waals surface area (Å²) >= 11 is 4.84. The molecule has 72 valence electrons. The average Bonchev–Trinajstić information content (AvgIpc) is 2.62. The molecule has 0 aliphatic heterocycles. The van der Waals surface area contributed by atoms with Gasteiger partial charge in [0.2, 0.25) is 0 Å². The van der Waals surface area contributed by atoms with Crippen molar-refractivity contribution in [3.63, 3.8) is 0 Å². The number of hydrogen-bond acceptors (Lipinski definition) is 4. The molecule has 2 aromatic rings. The molecule has 0 aliphatic rings. The Bertz CT molecular complexity index is 429. The fraction of sp³-hybridized carbons (Fsp3) is 0. The van der Waals surface area contributed by atoms with E-state index in [1.54, 1.807) is 18.6 Å². The molecule has 0 aromatic carbocycles. The first kappa shape index (κ1) is 9.54. The van der Waals surface area contributed by atoms with Gasteiger partial charge in [-0.05, 0) is 33.8 Å². The molecular weight excluding hydrogens is 264 g/mol. The van der Waals surface area contributed by atoms with Gasteiger partial charge < -0.3 is 10.7 Å². The number of nitrogens with zero attached hydrogens (tertiary/aromatic N) is 2. The maximum Gasteiger partial charge on any atom is 0.171 e. The molecule has 0 radical (unpaired) electrons. The van der Waals surface area contributed by atoms with Gasteiger partial charge in [-0.3, -0.25) is 0 Å². The van der Waals surface area contributed by atoms with Crippen LogP contribution in [-0.4, -0.2) is 15.0 Å². The van der Waals surface area contributed by atoms with E-state index in [1.807, 2.05) is 6.07 Å². The van der Waals surface area contributed by atoms with Crippen LogP contribution in [0.4, 0.5) is 5.69 Å². The summed E-state index contributed by atoms with van der Waals surface area (Å²) in [5.74, 6) is 0. The van der Waals surface area contributed by atoms with E-state index in [1.165, 1.54) is 11.8 Å². The monoisotopic (exact) mass is 270 g/mol. The topological polar surface area (TPSA) is 67.6 Å². The molecular formula is C8H7BrN4S. The molecule has 4 nitrogen and oxygen atoms in total. The van der Waals surface area contributed by atoms with Crippen molar-refractivity contribution in [2.24, 2.45) is 0 Å². The fourth-order valence-corrected chi connectivity index (χ4v) is 2.21. The van der Waals surface area contributed by atoms with Crippen LogP contribution in [0.15, 0.2) is 39.3 Å². The van der Waals surface area contributed by atoms with Gasteiger partial charge in [-0.15, -0.1) is 0 Å². The van der Waals surface area contributed by atoms with Crippen LogP contribution in [0.1, 0.15) is 0 Å². The normalized spacial score (nSPS) is 10.4. The lowest BCUT2D eigenvalue weighted by atomic mass is 10.4. The maximum absolute atomic E-state index is 5.58. The molecule has 0 saturated carbocycles. The van der Waals surface area contributed by atoms with Gasteiger partial charge in [-0.25, -0.2) is 9.97 Å². The van der Waals surface area contributed by atoms with Crippen molar-refractivity contribution in [3.8, 4) is 0 Å². The Kier molecular flexibility index (Phi) is 2.74. The predicted molar refractivity (Wildman–Crippen MR) is 59.1 cm³/mol. The number of nitrogens with one attached hydrogen (secondary N) is 1. The van der Waals surface area contributed by atoms with Gasteiger partial charge in [0.05, 0.1) is 16.4 Å². The molecule has 0 bridgehead atoms. The van der Waals surface area contributed by atoms with Crippen LogP contribution in [0.3, 0.4) is 0 Å². The van der Waals surface area contributed by atoms with E-state index in [2.05, 4.69) is 30.9 Å². The lowest BCUT2D eigenvalue weighted by molar-refractivity contribution is 1.03. The number of anilines is 1. The Morgan fingerprint density at radius 1 is 1.43 bits per heavy atom. The Balaban J connectivity index is 2.25. The minimum Gasteiger partial charge on any atom is -0.397 e. The number of nitrogens with two attached hydrogens (primary N) is 1. The molecule has 3 N–H and O–H groups in total. The van der Waals surface area contributed by atoms with Crippen molar-refractivity contribution in [1.29, 1.82) is 0 Å². The van der Waals surface area contributed by atoms with Crippen LogP contribution >= 0.6 is 27.7 Å². The summed E-state index contributed by atoms with van der Waals surface area (Å²) in [5.41, 5.74) is 6.22. The van der Waals surface area contributed by atoms with Crippen molar-refractivity contribution >= 4 is 33.4 Å². The van der Waals surface area contributed by atoms with Crippen LogP contribution < -0.4 is 5.73 Å². The molecule has 0 spiro atoms. The quantitative estimate of drug-likeness (QED) is 0.879. The minimum absolute atomic E-state index is 0.640. The van der Waals surface area contributed by atoms with Crippen molar-refractivity contribution in [2.75, 3.05) is 5.73 Å². The summed E-state index contributed by atoms with van der Waals surface area (Å²) in [6.07, 6.45) is 5.09. The molecule has 6 heteroatoms. The van der Waals surface area contributed by atoms with Gasteiger partial charge in [0.1, 0.15) is 5.03 Å². The van der Waals surface area contributed by atoms with E-state index < -0.39 is 0 Å². The second-order valence-electron chi connectivity index (χ2n) is 2.55. The first-order valence-electron chi connectivity index (χ1n) is 3.84. The second-order valence-corrected chi connectivity index (χ2v) is 4.38. The summed E-state index contributed by atoms with van der Waals surface area (Å²) in [4.78, 5) is 11.3. The Hall–Kier alpha value is -1.01. The molecule has 2 heterocycles. The molecule has 0 unspecified atom stereocenters. The van der Waals surface area contributed by atoms with Crippen molar-refractivity contribution in [1.82, 2.24) is 15.0 Å². The van der Waals surface area contributed by atoms with Gasteiger partial charge in [0.25, 0.3) is 0 Å². The van der Waals surface area contributed by atoms with Gasteiger partial charge in [-0.1, -0.05) is 0 Å². The van der Waals surface area contributed by atoms with Crippen LogP contribution in [0, 0.1) is 0 Å². The summed E-state index contributed by atoms with van der Waals surface area (Å²) in [5, 5.41) is 1.65. The number of halogens is 1.